The monoisotopic (exact) mass is 361 g/mol. The third kappa shape index (κ3) is 3.62. The van der Waals surface area contributed by atoms with Crippen LogP contribution in [0, 0.1) is 0 Å². The Labute approximate surface area is 148 Å². The Bertz CT molecular complexity index is 845. The van der Waals surface area contributed by atoms with Gasteiger partial charge in [-0.2, -0.15) is 4.31 Å². The molecule has 0 bridgehead atoms. The van der Waals surface area contributed by atoms with Crippen LogP contribution in [0.25, 0.3) is 0 Å². The van der Waals surface area contributed by atoms with Gasteiger partial charge in [-0.1, -0.05) is 37.3 Å². The SMILES string of the molecule is CCN(CC(=O)N1CCn2cccc2[C@@H]1c1ccccc1)S(C)(=O)=O. The number of benzene rings is 1. The summed E-state index contributed by atoms with van der Waals surface area (Å²) in [6.07, 6.45) is 3.15. The van der Waals surface area contributed by atoms with Crippen molar-refractivity contribution in [2.45, 2.75) is 19.5 Å². The highest BCUT2D eigenvalue weighted by molar-refractivity contribution is 7.88. The first-order valence-corrected chi connectivity index (χ1v) is 10.2. The first-order chi connectivity index (χ1) is 11.9. The summed E-state index contributed by atoms with van der Waals surface area (Å²) in [4.78, 5) is 14.7. The minimum Gasteiger partial charge on any atom is -0.348 e. The summed E-state index contributed by atoms with van der Waals surface area (Å²) >= 11 is 0. The van der Waals surface area contributed by atoms with Crippen LogP contribution in [-0.4, -0.2) is 54.0 Å². The Balaban J connectivity index is 1.93. The quantitative estimate of drug-likeness (QED) is 0.814. The molecule has 1 atom stereocenters. The molecule has 0 N–H and O–H groups in total. The van der Waals surface area contributed by atoms with Crippen LogP contribution in [0.15, 0.2) is 48.7 Å². The Hall–Kier alpha value is -2.12. The molecule has 0 spiro atoms. The Morgan fingerprint density at radius 2 is 1.88 bits per heavy atom. The summed E-state index contributed by atoms with van der Waals surface area (Å²) in [7, 11) is -3.40. The van der Waals surface area contributed by atoms with Crippen LogP contribution >= 0.6 is 0 Å². The number of carbonyl (C=O) groups excluding carboxylic acids is 1. The predicted octanol–water partition coefficient (Wildman–Crippen LogP) is 1.70. The molecule has 6 nitrogen and oxygen atoms in total. The second-order valence-corrected chi connectivity index (χ2v) is 8.20. The summed E-state index contributed by atoms with van der Waals surface area (Å²) in [5, 5.41) is 0. The minimum absolute atomic E-state index is 0.126. The fraction of sp³-hybridized carbons (Fsp3) is 0.389. The molecule has 7 heteroatoms. The van der Waals surface area contributed by atoms with Crippen molar-refractivity contribution in [1.82, 2.24) is 13.8 Å². The van der Waals surface area contributed by atoms with E-state index in [9.17, 15) is 13.2 Å². The van der Waals surface area contributed by atoms with E-state index in [0.29, 0.717) is 13.1 Å². The van der Waals surface area contributed by atoms with Crippen LogP contribution in [-0.2, 0) is 21.4 Å². The zero-order valence-corrected chi connectivity index (χ0v) is 15.3. The average Bonchev–Trinajstić information content (AvgIpc) is 3.06. The lowest BCUT2D eigenvalue weighted by Crippen LogP contribution is -2.47. The Morgan fingerprint density at radius 1 is 1.16 bits per heavy atom. The van der Waals surface area contributed by atoms with E-state index in [2.05, 4.69) is 4.57 Å². The molecule has 0 fully saturated rings. The van der Waals surface area contributed by atoms with Gasteiger partial charge in [0.05, 0.1) is 18.8 Å². The summed E-state index contributed by atoms with van der Waals surface area (Å²) in [5.74, 6) is -0.173. The number of carbonyl (C=O) groups is 1. The van der Waals surface area contributed by atoms with Gasteiger partial charge in [-0.3, -0.25) is 4.79 Å². The van der Waals surface area contributed by atoms with Crippen molar-refractivity contribution in [3.05, 3.63) is 59.9 Å². The van der Waals surface area contributed by atoms with Gasteiger partial charge in [0.15, 0.2) is 0 Å². The number of nitrogens with zero attached hydrogens (tertiary/aromatic N) is 3. The number of hydrogen-bond donors (Lipinski definition) is 0. The molecule has 1 aliphatic rings. The molecule has 0 aliphatic carbocycles. The molecule has 1 amide bonds. The van der Waals surface area contributed by atoms with Crippen molar-refractivity contribution < 1.29 is 13.2 Å². The molecule has 2 heterocycles. The molecule has 1 aliphatic heterocycles. The van der Waals surface area contributed by atoms with E-state index in [4.69, 9.17) is 0 Å². The van der Waals surface area contributed by atoms with Crippen molar-refractivity contribution in [3.8, 4) is 0 Å². The zero-order chi connectivity index (χ0) is 18.0. The van der Waals surface area contributed by atoms with E-state index >= 15 is 0 Å². The van der Waals surface area contributed by atoms with E-state index in [1.165, 1.54) is 4.31 Å². The number of amides is 1. The van der Waals surface area contributed by atoms with E-state index in [0.717, 1.165) is 17.5 Å². The number of sulfonamides is 1. The first-order valence-electron chi connectivity index (χ1n) is 8.36. The number of hydrogen-bond acceptors (Lipinski definition) is 3. The number of fused-ring (bicyclic) bond motifs is 1. The maximum atomic E-state index is 12.9. The molecule has 1 aromatic carbocycles. The van der Waals surface area contributed by atoms with Crippen molar-refractivity contribution in [3.63, 3.8) is 0 Å². The van der Waals surface area contributed by atoms with Gasteiger partial charge in [0, 0.05) is 31.5 Å². The van der Waals surface area contributed by atoms with Crippen LogP contribution in [0.3, 0.4) is 0 Å². The van der Waals surface area contributed by atoms with Gasteiger partial charge in [0.2, 0.25) is 15.9 Å². The summed E-state index contributed by atoms with van der Waals surface area (Å²) in [6.45, 7) is 3.17. The third-order valence-corrected chi connectivity index (χ3v) is 5.93. The molecular weight excluding hydrogens is 338 g/mol. The van der Waals surface area contributed by atoms with Crippen LogP contribution in [0.2, 0.25) is 0 Å². The summed E-state index contributed by atoms with van der Waals surface area (Å²) in [5.41, 5.74) is 2.08. The van der Waals surface area contributed by atoms with Crippen molar-refractivity contribution in [2.75, 3.05) is 25.9 Å². The lowest BCUT2D eigenvalue weighted by atomic mass is 10.00. The summed E-state index contributed by atoms with van der Waals surface area (Å²) < 4.78 is 27.0. The lowest BCUT2D eigenvalue weighted by Gasteiger charge is -2.38. The van der Waals surface area contributed by atoms with Crippen LogP contribution in [0.1, 0.15) is 24.2 Å². The molecule has 25 heavy (non-hydrogen) atoms. The Morgan fingerprint density at radius 3 is 2.52 bits per heavy atom. The molecule has 3 rings (SSSR count). The second-order valence-electron chi connectivity index (χ2n) is 6.22. The maximum absolute atomic E-state index is 12.9. The highest BCUT2D eigenvalue weighted by Gasteiger charge is 2.33. The molecule has 1 aromatic heterocycles. The predicted molar refractivity (Wildman–Crippen MR) is 96.5 cm³/mol. The van der Waals surface area contributed by atoms with Crippen LogP contribution < -0.4 is 0 Å². The fourth-order valence-electron chi connectivity index (χ4n) is 3.34. The van der Waals surface area contributed by atoms with E-state index in [1.54, 1.807) is 11.8 Å². The topological polar surface area (TPSA) is 62.6 Å². The second kappa shape index (κ2) is 7.01. The Kier molecular flexibility index (Phi) is 4.96. The number of likely N-dealkylation sites (N-methyl/N-ethyl adjacent to an activating group) is 1. The van der Waals surface area contributed by atoms with Gasteiger partial charge < -0.3 is 9.47 Å². The summed E-state index contributed by atoms with van der Waals surface area (Å²) in [6, 6.07) is 13.7. The highest BCUT2D eigenvalue weighted by Crippen LogP contribution is 2.32. The first kappa shape index (κ1) is 17.7. The molecule has 0 radical (unpaired) electrons. The molecular formula is C18H23N3O3S. The van der Waals surface area contributed by atoms with Gasteiger partial charge in [0.25, 0.3) is 0 Å². The van der Waals surface area contributed by atoms with Crippen molar-refractivity contribution >= 4 is 15.9 Å². The van der Waals surface area contributed by atoms with Gasteiger partial charge in [-0.25, -0.2) is 8.42 Å². The highest BCUT2D eigenvalue weighted by atomic mass is 32.2. The largest absolute Gasteiger partial charge is 0.348 e. The van der Waals surface area contributed by atoms with Gasteiger partial charge in [-0.05, 0) is 17.7 Å². The third-order valence-electron chi connectivity index (χ3n) is 4.61. The van der Waals surface area contributed by atoms with E-state index < -0.39 is 10.0 Å². The normalized spacial score (nSPS) is 17.6. The lowest BCUT2D eigenvalue weighted by molar-refractivity contribution is -0.134. The molecule has 0 saturated carbocycles. The van der Waals surface area contributed by atoms with Crippen LogP contribution in [0.4, 0.5) is 0 Å². The molecule has 2 aromatic rings. The maximum Gasteiger partial charge on any atom is 0.238 e. The van der Waals surface area contributed by atoms with Crippen molar-refractivity contribution in [1.29, 1.82) is 0 Å². The van der Waals surface area contributed by atoms with Gasteiger partial charge >= 0.3 is 0 Å². The van der Waals surface area contributed by atoms with Crippen LogP contribution in [0.5, 0.6) is 0 Å². The molecule has 134 valence electrons. The number of rotatable bonds is 5. The van der Waals surface area contributed by atoms with E-state index in [-0.39, 0.29) is 25.0 Å². The van der Waals surface area contributed by atoms with Gasteiger partial charge in [-0.15, -0.1) is 0 Å². The van der Waals surface area contributed by atoms with Gasteiger partial charge in [0.1, 0.15) is 0 Å². The zero-order valence-electron chi connectivity index (χ0n) is 14.5. The van der Waals surface area contributed by atoms with E-state index in [1.807, 2.05) is 48.7 Å². The standard InChI is InChI=1S/C18H23N3O3S/c1-3-20(25(2,23)24)14-17(22)21-13-12-19-11-7-10-16(19)18(21)15-8-5-4-6-9-15/h4-11,18H,3,12-14H2,1-2H3/t18-/m0/s1. The molecule has 0 unspecified atom stereocenters. The minimum atomic E-state index is -3.40. The van der Waals surface area contributed by atoms with Crippen molar-refractivity contribution in [2.24, 2.45) is 0 Å². The fourth-order valence-corrected chi connectivity index (χ4v) is 4.16. The number of aromatic nitrogens is 1. The smallest absolute Gasteiger partial charge is 0.238 e. The molecule has 0 saturated heterocycles. The average molecular weight is 361 g/mol.